The van der Waals surface area contributed by atoms with Gasteiger partial charge in [0.25, 0.3) is 5.91 Å². The van der Waals surface area contributed by atoms with Gasteiger partial charge in [0, 0.05) is 24.7 Å². The van der Waals surface area contributed by atoms with Gasteiger partial charge in [-0.3, -0.25) is 15.2 Å². The van der Waals surface area contributed by atoms with Crippen molar-refractivity contribution in [1.82, 2.24) is 5.43 Å². The van der Waals surface area contributed by atoms with Gasteiger partial charge in [0.2, 0.25) is 0 Å². The maximum absolute atomic E-state index is 11.3. The molecule has 0 spiro atoms. The molecule has 78 valence electrons. The fourth-order valence-electron chi connectivity index (χ4n) is 2.44. The summed E-state index contributed by atoms with van der Waals surface area (Å²) in [5, 5.41) is 5.15. The fraction of sp³-hybridized carbons (Fsp3) is 0.364. The second-order valence-corrected chi connectivity index (χ2v) is 4.07. The number of nitrogens with zero attached hydrogens (tertiary/aromatic N) is 1. The third-order valence-electron chi connectivity index (χ3n) is 3.24. The first kappa shape index (κ1) is 8.59. The Balaban J connectivity index is 2.15. The van der Waals surface area contributed by atoms with Gasteiger partial charge in [-0.25, -0.2) is 0 Å². The van der Waals surface area contributed by atoms with E-state index >= 15 is 0 Å². The Labute approximate surface area is 88.2 Å². The summed E-state index contributed by atoms with van der Waals surface area (Å²) in [6.07, 6.45) is 0.818. The van der Waals surface area contributed by atoms with Crippen LogP contribution in [0.5, 0.6) is 0 Å². The molecule has 1 atom stereocenters. The van der Waals surface area contributed by atoms with Crippen LogP contribution in [0.25, 0.3) is 0 Å². The van der Waals surface area contributed by atoms with Crippen molar-refractivity contribution >= 4 is 17.3 Å². The number of carbonyl (C=O) groups is 1. The van der Waals surface area contributed by atoms with E-state index in [1.54, 1.807) is 0 Å². The number of nitrogens with one attached hydrogen (secondary N) is 2. The van der Waals surface area contributed by atoms with Crippen molar-refractivity contribution in [3.05, 3.63) is 23.3 Å². The van der Waals surface area contributed by atoms with E-state index in [1.807, 2.05) is 12.1 Å². The van der Waals surface area contributed by atoms with Gasteiger partial charge >= 0.3 is 0 Å². The first-order chi connectivity index (χ1) is 7.22. The average molecular weight is 203 g/mol. The maximum Gasteiger partial charge on any atom is 0.263 e. The van der Waals surface area contributed by atoms with E-state index < -0.39 is 0 Å². The van der Waals surface area contributed by atoms with Crippen LogP contribution in [0.15, 0.2) is 12.1 Å². The van der Waals surface area contributed by atoms with Crippen LogP contribution in [0, 0.1) is 6.92 Å². The highest BCUT2D eigenvalue weighted by atomic mass is 16.2. The molecule has 3 rings (SSSR count). The lowest BCUT2D eigenvalue weighted by Gasteiger charge is -2.37. The molecule has 4 heteroatoms. The van der Waals surface area contributed by atoms with Gasteiger partial charge in [0.1, 0.15) is 6.04 Å². The molecule has 2 aliphatic heterocycles. The Morgan fingerprint density at radius 2 is 2.33 bits per heavy atom. The van der Waals surface area contributed by atoms with Crippen LogP contribution in [-0.4, -0.2) is 19.0 Å². The predicted octanol–water partition coefficient (Wildman–Crippen LogP) is 0.813. The van der Waals surface area contributed by atoms with Crippen molar-refractivity contribution in [1.29, 1.82) is 0 Å². The first-order valence-electron chi connectivity index (χ1n) is 5.12. The molecule has 0 saturated carbocycles. The normalized spacial score (nSPS) is 21.6. The third kappa shape index (κ3) is 0.936. The smallest absolute Gasteiger partial charge is 0.263 e. The zero-order chi connectivity index (χ0) is 10.6. The first-order valence-corrected chi connectivity index (χ1v) is 5.12. The van der Waals surface area contributed by atoms with Gasteiger partial charge < -0.3 is 5.32 Å². The van der Waals surface area contributed by atoms with Gasteiger partial charge in [0.15, 0.2) is 0 Å². The van der Waals surface area contributed by atoms with Crippen LogP contribution < -0.4 is 15.8 Å². The van der Waals surface area contributed by atoms with Crippen molar-refractivity contribution in [3.8, 4) is 0 Å². The number of anilines is 2. The summed E-state index contributed by atoms with van der Waals surface area (Å²) in [5.41, 5.74) is 7.58. The van der Waals surface area contributed by atoms with Crippen molar-refractivity contribution in [2.45, 2.75) is 19.4 Å². The molecule has 2 N–H and O–H groups in total. The summed E-state index contributed by atoms with van der Waals surface area (Å²) in [7, 11) is 1.91. The largest absolute Gasteiger partial charge is 0.388 e. The van der Waals surface area contributed by atoms with Gasteiger partial charge in [0.05, 0.1) is 5.69 Å². The molecule has 4 nitrogen and oxygen atoms in total. The quantitative estimate of drug-likeness (QED) is 0.710. The highest BCUT2D eigenvalue weighted by molar-refractivity contribution is 5.98. The standard InChI is InChI=1S/C11H13N3O/c1-6-3-4-8(12-2)7-5-9-11(15)13-14(9)10(6)7/h3-4,9,12H,5H2,1-2H3,(H,13,15). The van der Waals surface area contributed by atoms with E-state index in [1.165, 1.54) is 16.8 Å². The highest BCUT2D eigenvalue weighted by Crippen LogP contribution is 2.41. The number of benzene rings is 1. The van der Waals surface area contributed by atoms with E-state index in [0.29, 0.717) is 0 Å². The second kappa shape index (κ2) is 2.66. The summed E-state index contributed by atoms with van der Waals surface area (Å²) in [6.45, 7) is 2.07. The minimum Gasteiger partial charge on any atom is -0.388 e. The number of hydrogen-bond acceptors (Lipinski definition) is 3. The summed E-state index contributed by atoms with van der Waals surface area (Å²) >= 11 is 0. The van der Waals surface area contributed by atoms with E-state index in [0.717, 1.165) is 12.1 Å². The minimum atomic E-state index is 0.0215. The second-order valence-electron chi connectivity index (χ2n) is 4.07. The highest BCUT2D eigenvalue weighted by Gasteiger charge is 2.45. The molecule has 1 unspecified atom stereocenters. The monoisotopic (exact) mass is 203 g/mol. The molecular weight excluding hydrogens is 190 g/mol. The number of aryl methyl sites for hydroxylation is 1. The van der Waals surface area contributed by atoms with E-state index in [2.05, 4.69) is 29.8 Å². The molecule has 15 heavy (non-hydrogen) atoms. The van der Waals surface area contributed by atoms with Crippen molar-refractivity contribution < 1.29 is 4.79 Å². The minimum absolute atomic E-state index is 0.0215. The molecule has 0 radical (unpaired) electrons. The topological polar surface area (TPSA) is 44.4 Å². The Morgan fingerprint density at radius 1 is 1.53 bits per heavy atom. The molecular formula is C11H13N3O. The molecule has 1 aromatic carbocycles. The Hall–Kier alpha value is -1.71. The third-order valence-corrected chi connectivity index (χ3v) is 3.24. The van der Waals surface area contributed by atoms with Gasteiger partial charge in [-0.15, -0.1) is 0 Å². The van der Waals surface area contributed by atoms with Crippen LogP contribution in [-0.2, 0) is 11.2 Å². The van der Waals surface area contributed by atoms with Crippen molar-refractivity contribution in [2.24, 2.45) is 0 Å². The van der Waals surface area contributed by atoms with Gasteiger partial charge in [-0.1, -0.05) is 6.07 Å². The molecule has 0 bridgehead atoms. The van der Waals surface area contributed by atoms with Gasteiger partial charge in [-0.05, 0) is 18.6 Å². The number of hydrogen-bond donors (Lipinski definition) is 2. The molecule has 1 saturated heterocycles. The summed E-state index contributed by atoms with van der Waals surface area (Å²) in [4.78, 5) is 11.3. The Morgan fingerprint density at radius 3 is 3.00 bits per heavy atom. The lowest BCUT2D eigenvalue weighted by Crippen LogP contribution is -2.65. The summed E-state index contributed by atoms with van der Waals surface area (Å²) in [6, 6.07) is 4.18. The molecule has 2 aliphatic rings. The summed E-state index contributed by atoms with van der Waals surface area (Å²) in [5.74, 6) is 0.132. The number of fused-ring (bicyclic) bond motifs is 3. The molecule has 1 amide bonds. The Kier molecular flexibility index (Phi) is 1.52. The van der Waals surface area contributed by atoms with Crippen LogP contribution in [0.3, 0.4) is 0 Å². The molecule has 0 aliphatic carbocycles. The lowest BCUT2D eigenvalue weighted by molar-refractivity contribution is -0.128. The van der Waals surface area contributed by atoms with Crippen molar-refractivity contribution in [3.63, 3.8) is 0 Å². The van der Waals surface area contributed by atoms with Crippen LogP contribution >= 0.6 is 0 Å². The predicted molar refractivity (Wildman–Crippen MR) is 58.8 cm³/mol. The molecule has 2 heterocycles. The number of hydrazine groups is 1. The van der Waals surface area contributed by atoms with Crippen LogP contribution in [0.4, 0.5) is 11.4 Å². The van der Waals surface area contributed by atoms with Crippen LogP contribution in [0.1, 0.15) is 11.1 Å². The van der Waals surface area contributed by atoms with Crippen LogP contribution in [0.2, 0.25) is 0 Å². The molecule has 0 aromatic heterocycles. The Bertz CT molecular complexity index is 455. The average Bonchev–Trinajstić information content (AvgIpc) is 2.54. The molecule has 1 fully saturated rings. The fourth-order valence-corrected chi connectivity index (χ4v) is 2.44. The molecule has 1 aromatic rings. The zero-order valence-corrected chi connectivity index (χ0v) is 8.79. The van der Waals surface area contributed by atoms with E-state index in [-0.39, 0.29) is 11.9 Å². The number of amides is 1. The lowest BCUT2D eigenvalue weighted by atomic mass is 10.0. The SMILES string of the molecule is CNc1ccc(C)c2c1CC1C(=O)NN21. The van der Waals surface area contributed by atoms with E-state index in [9.17, 15) is 4.79 Å². The van der Waals surface area contributed by atoms with E-state index in [4.69, 9.17) is 0 Å². The number of rotatable bonds is 1. The van der Waals surface area contributed by atoms with Gasteiger partial charge in [-0.2, -0.15) is 0 Å². The summed E-state index contributed by atoms with van der Waals surface area (Å²) < 4.78 is 0. The zero-order valence-electron chi connectivity index (χ0n) is 8.79. The number of carbonyl (C=O) groups excluding carboxylic acids is 1. The maximum atomic E-state index is 11.3. The van der Waals surface area contributed by atoms with Crippen molar-refractivity contribution in [2.75, 3.05) is 17.4 Å².